The monoisotopic (exact) mass is 463 g/mol. The zero-order valence-corrected chi connectivity index (χ0v) is 18.1. The zero-order chi connectivity index (χ0) is 21.7. The highest BCUT2D eigenvalue weighted by Gasteiger charge is 2.19. The molecule has 0 aromatic heterocycles. The molecule has 0 aliphatic rings. The number of sulfonamides is 1. The number of rotatable bonds is 8. The van der Waals surface area contributed by atoms with Crippen molar-refractivity contribution < 1.29 is 18.3 Å². The van der Waals surface area contributed by atoms with Gasteiger partial charge in [0.2, 0.25) is 0 Å². The third-order valence-electron chi connectivity index (χ3n) is 4.56. The van der Waals surface area contributed by atoms with E-state index in [-0.39, 0.29) is 20.5 Å². The lowest BCUT2D eigenvalue weighted by Crippen LogP contribution is -2.15. The average molecular weight is 464 g/mol. The topological polar surface area (TPSA) is 83.5 Å². The summed E-state index contributed by atoms with van der Waals surface area (Å²) in [5, 5.41) is 9.34. The molecule has 0 heterocycles. The van der Waals surface area contributed by atoms with Crippen molar-refractivity contribution in [2.75, 3.05) is 4.72 Å². The Morgan fingerprint density at radius 1 is 0.933 bits per heavy atom. The van der Waals surface area contributed by atoms with Crippen LogP contribution in [0, 0.1) is 0 Å². The second kappa shape index (κ2) is 9.51. The highest BCUT2D eigenvalue weighted by Crippen LogP contribution is 2.28. The van der Waals surface area contributed by atoms with Crippen molar-refractivity contribution >= 4 is 44.9 Å². The molecule has 0 atom stereocenters. The molecule has 0 amide bonds. The smallest absolute Gasteiger partial charge is 0.335 e. The number of hydrogen-bond donors (Lipinski definition) is 2. The maximum atomic E-state index is 12.8. The largest absolute Gasteiger partial charge is 0.478 e. The highest BCUT2D eigenvalue weighted by atomic mass is 35.5. The molecule has 0 saturated carbocycles. The van der Waals surface area contributed by atoms with E-state index in [1.807, 2.05) is 12.1 Å². The molecule has 5 nitrogen and oxygen atoms in total. The number of anilines is 1. The minimum absolute atomic E-state index is 0.0787. The van der Waals surface area contributed by atoms with Gasteiger partial charge in [0.05, 0.1) is 16.3 Å². The van der Waals surface area contributed by atoms with Gasteiger partial charge < -0.3 is 5.11 Å². The van der Waals surface area contributed by atoms with E-state index in [2.05, 4.69) is 4.72 Å². The molecule has 0 spiro atoms. The highest BCUT2D eigenvalue weighted by molar-refractivity contribution is 7.92. The van der Waals surface area contributed by atoms with Crippen molar-refractivity contribution in [3.8, 4) is 0 Å². The number of halogens is 2. The predicted molar refractivity (Wildman–Crippen MR) is 119 cm³/mol. The number of para-hydroxylation sites is 1. The van der Waals surface area contributed by atoms with Crippen molar-refractivity contribution in [1.82, 2.24) is 0 Å². The van der Waals surface area contributed by atoms with E-state index in [4.69, 9.17) is 28.3 Å². The predicted octanol–water partition coefficient (Wildman–Crippen LogP) is 5.67. The van der Waals surface area contributed by atoms with E-state index in [1.165, 1.54) is 18.2 Å². The SMILES string of the molecule is O=C(O)c1ccc(CCCc2ccccc2NS(=O)(=O)c2cc(Cl)ccc2Cl)cc1. The summed E-state index contributed by atoms with van der Waals surface area (Å²) >= 11 is 12.0. The van der Waals surface area contributed by atoms with Gasteiger partial charge >= 0.3 is 5.97 Å². The summed E-state index contributed by atoms with van der Waals surface area (Å²) in [5.41, 5.74) is 2.60. The molecule has 2 N–H and O–H groups in total. The van der Waals surface area contributed by atoms with E-state index in [0.717, 1.165) is 24.0 Å². The Morgan fingerprint density at radius 3 is 2.33 bits per heavy atom. The second-order valence-corrected chi connectivity index (χ2v) is 9.19. The van der Waals surface area contributed by atoms with Gasteiger partial charge in [-0.25, -0.2) is 13.2 Å². The Balaban J connectivity index is 1.71. The first-order valence-electron chi connectivity index (χ1n) is 9.14. The van der Waals surface area contributed by atoms with Gasteiger partial charge in [-0.2, -0.15) is 0 Å². The fourth-order valence-electron chi connectivity index (χ4n) is 3.02. The molecular formula is C22H19Cl2NO4S. The van der Waals surface area contributed by atoms with Crippen LogP contribution in [0.4, 0.5) is 5.69 Å². The van der Waals surface area contributed by atoms with Crippen molar-refractivity contribution in [1.29, 1.82) is 0 Å². The summed E-state index contributed by atoms with van der Waals surface area (Å²) in [6, 6.07) is 18.2. The lowest BCUT2D eigenvalue weighted by atomic mass is 10.0. The van der Waals surface area contributed by atoms with Crippen molar-refractivity contribution in [3.63, 3.8) is 0 Å². The van der Waals surface area contributed by atoms with Gasteiger partial charge in [0.25, 0.3) is 10.0 Å². The molecule has 0 unspecified atom stereocenters. The molecule has 0 bridgehead atoms. The van der Waals surface area contributed by atoms with Crippen molar-refractivity contribution in [2.45, 2.75) is 24.2 Å². The van der Waals surface area contributed by atoms with Crippen LogP contribution < -0.4 is 4.72 Å². The maximum Gasteiger partial charge on any atom is 0.335 e. The van der Waals surface area contributed by atoms with Gasteiger partial charge in [-0.3, -0.25) is 4.72 Å². The Labute approximate surface area is 185 Å². The molecule has 0 fully saturated rings. The summed E-state index contributed by atoms with van der Waals surface area (Å²) in [6.45, 7) is 0. The van der Waals surface area contributed by atoms with Gasteiger partial charge in [-0.15, -0.1) is 0 Å². The number of benzene rings is 3. The van der Waals surface area contributed by atoms with Gasteiger partial charge in [0, 0.05) is 5.02 Å². The Hall–Kier alpha value is -2.54. The number of hydrogen-bond acceptors (Lipinski definition) is 3. The third kappa shape index (κ3) is 5.53. The summed E-state index contributed by atoms with van der Waals surface area (Å²) in [5.74, 6) is -0.956. The van der Waals surface area contributed by atoms with E-state index in [9.17, 15) is 13.2 Å². The first kappa shape index (κ1) is 22.2. The molecule has 8 heteroatoms. The molecule has 156 valence electrons. The summed E-state index contributed by atoms with van der Waals surface area (Å²) < 4.78 is 28.2. The third-order valence-corrected chi connectivity index (χ3v) is 6.64. The van der Waals surface area contributed by atoms with Crippen LogP contribution in [-0.2, 0) is 22.9 Å². The number of carboxylic acids is 1. The molecule has 3 aromatic rings. The van der Waals surface area contributed by atoms with E-state index in [1.54, 1.807) is 36.4 Å². The molecule has 3 rings (SSSR count). The quantitative estimate of drug-likeness (QED) is 0.450. The average Bonchev–Trinajstić information content (AvgIpc) is 2.71. The maximum absolute atomic E-state index is 12.8. The van der Waals surface area contributed by atoms with Crippen LogP contribution >= 0.6 is 23.2 Å². The van der Waals surface area contributed by atoms with E-state index in [0.29, 0.717) is 12.1 Å². The van der Waals surface area contributed by atoms with Crippen molar-refractivity contribution in [3.05, 3.63) is 93.5 Å². The van der Waals surface area contributed by atoms with E-state index < -0.39 is 16.0 Å². The minimum atomic E-state index is -3.90. The van der Waals surface area contributed by atoms with E-state index >= 15 is 0 Å². The normalized spacial score (nSPS) is 11.3. The molecular weight excluding hydrogens is 445 g/mol. The molecule has 3 aromatic carbocycles. The van der Waals surface area contributed by atoms with Gasteiger partial charge in [-0.1, -0.05) is 53.5 Å². The lowest BCUT2D eigenvalue weighted by Gasteiger charge is -2.14. The fraction of sp³-hybridized carbons (Fsp3) is 0.136. The number of aryl methyl sites for hydroxylation is 2. The number of carboxylic acid groups (broad SMARTS) is 1. The van der Waals surface area contributed by atoms with Gasteiger partial charge in [-0.05, 0) is 66.8 Å². The van der Waals surface area contributed by atoms with Crippen LogP contribution in [0.5, 0.6) is 0 Å². The van der Waals surface area contributed by atoms with Crippen molar-refractivity contribution in [2.24, 2.45) is 0 Å². The molecule has 0 saturated heterocycles. The Kier molecular flexibility index (Phi) is 7.02. The Morgan fingerprint density at radius 2 is 1.63 bits per heavy atom. The molecule has 0 aliphatic carbocycles. The van der Waals surface area contributed by atoms with Crippen LogP contribution in [0.3, 0.4) is 0 Å². The summed E-state index contributed by atoms with van der Waals surface area (Å²) in [7, 11) is -3.90. The first-order chi connectivity index (χ1) is 14.3. The van der Waals surface area contributed by atoms with Gasteiger partial charge in [0.15, 0.2) is 0 Å². The summed E-state index contributed by atoms with van der Waals surface area (Å²) in [4.78, 5) is 10.9. The second-order valence-electron chi connectivity index (χ2n) is 6.69. The fourth-order valence-corrected chi connectivity index (χ4v) is 4.88. The van der Waals surface area contributed by atoms with Crippen LogP contribution in [0.15, 0.2) is 71.6 Å². The van der Waals surface area contributed by atoms with Crippen LogP contribution in [0.1, 0.15) is 27.9 Å². The Bertz CT molecular complexity index is 1160. The van der Waals surface area contributed by atoms with Gasteiger partial charge in [0.1, 0.15) is 4.90 Å². The standard InChI is InChI=1S/C22H19Cl2NO4S/c23-18-12-13-19(24)21(14-18)30(28,29)25-20-7-2-1-5-16(20)6-3-4-15-8-10-17(11-9-15)22(26)27/h1-2,5,7-14,25H,3-4,6H2,(H,26,27). The number of carbonyl (C=O) groups is 1. The number of nitrogens with one attached hydrogen (secondary N) is 1. The minimum Gasteiger partial charge on any atom is -0.478 e. The van der Waals surface area contributed by atoms with Crippen LogP contribution in [0.25, 0.3) is 0 Å². The molecule has 0 aliphatic heterocycles. The lowest BCUT2D eigenvalue weighted by molar-refractivity contribution is 0.0697. The number of aromatic carboxylic acids is 1. The zero-order valence-electron chi connectivity index (χ0n) is 15.8. The van der Waals surface area contributed by atoms with Crippen LogP contribution in [-0.4, -0.2) is 19.5 Å². The molecule has 0 radical (unpaired) electrons. The summed E-state index contributed by atoms with van der Waals surface area (Å²) in [6.07, 6.45) is 2.15. The molecule has 30 heavy (non-hydrogen) atoms. The van der Waals surface area contributed by atoms with Crippen LogP contribution in [0.2, 0.25) is 10.0 Å². The first-order valence-corrected chi connectivity index (χ1v) is 11.4.